The Bertz CT molecular complexity index is 755. The lowest BCUT2D eigenvalue weighted by Crippen LogP contribution is -2.23. The summed E-state index contributed by atoms with van der Waals surface area (Å²) in [4.78, 5) is 11.9. The first-order chi connectivity index (χ1) is 12.0. The zero-order valence-corrected chi connectivity index (χ0v) is 15.5. The summed E-state index contributed by atoms with van der Waals surface area (Å²) >= 11 is 12.1. The Labute approximate surface area is 157 Å². The molecule has 0 saturated heterocycles. The molecule has 0 unspecified atom stereocenters. The minimum Gasteiger partial charge on any atom is -0.493 e. The summed E-state index contributed by atoms with van der Waals surface area (Å²) in [6.07, 6.45) is 3.70. The molecule has 2 rings (SSSR count). The summed E-state index contributed by atoms with van der Waals surface area (Å²) in [5.41, 5.74) is 1.66. The number of hydrogen-bond donors (Lipinski definition) is 1. The highest BCUT2D eigenvalue weighted by atomic mass is 35.5. The van der Waals surface area contributed by atoms with Crippen molar-refractivity contribution in [3.05, 3.63) is 63.6 Å². The zero-order valence-electron chi connectivity index (χ0n) is 14.0. The van der Waals surface area contributed by atoms with Gasteiger partial charge in [0, 0.05) is 28.2 Å². The smallest absolute Gasteiger partial charge is 0.244 e. The molecule has 0 aliphatic heterocycles. The molecule has 1 amide bonds. The van der Waals surface area contributed by atoms with Crippen molar-refractivity contribution < 1.29 is 14.3 Å². The first-order valence-corrected chi connectivity index (χ1v) is 8.41. The molecule has 0 aliphatic rings. The Morgan fingerprint density at radius 2 is 1.76 bits per heavy atom. The molecule has 0 saturated carbocycles. The molecule has 4 nitrogen and oxygen atoms in total. The fraction of sp³-hybridized carbons (Fsp3) is 0.211. The van der Waals surface area contributed by atoms with Crippen molar-refractivity contribution in [2.45, 2.75) is 6.42 Å². The Kier molecular flexibility index (Phi) is 7.16. The quantitative estimate of drug-likeness (QED) is 0.725. The summed E-state index contributed by atoms with van der Waals surface area (Å²) in [5, 5.41) is 3.83. The van der Waals surface area contributed by atoms with Crippen molar-refractivity contribution >= 4 is 35.2 Å². The van der Waals surface area contributed by atoms with E-state index in [1.807, 2.05) is 18.2 Å². The van der Waals surface area contributed by atoms with Gasteiger partial charge in [0.2, 0.25) is 5.91 Å². The van der Waals surface area contributed by atoms with Gasteiger partial charge < -0.3 is 14.8 Å². The van der Waals surface area contributed by atoms with Gasteiger partial charge in [-0.1, -0.05) is 35.3 Å². The summed E-state index contributed by atoms with van der Waals surface area (Å²) < 4.78 is 10.5. The van der Waals surface area contributed by atoms with Gasteiger partial charge in [0.1, 0.15) is 0 Å². The predicted octanol–water partition coefficient (Wildman–Crippen LogP) is 4.38. The summed E-state index contributed by atoms with van der Waals surface area (Å²) in [6.45, 7) is 0.495. The number of halogens is 2. The van der Waals surface area contributed by atoms with Crippen molar-refractivity contribution in [1.82, 2.24) is 5.32 Å². The van der Waals surface area contributed by atoms with Gasteiger partial charge in [-0.05, 0) is 42.3 Å². The Morgan fingerprint density at radius 3 is 2.40 bits per heavy atom. The number of hydrogen-bond acceptors (Lipinski definition) is 3. The second kappa shape index (κ2) is 9.35. The lowest BCUT2D eigenvalue weighted by Gasteiger charge is -2.09. The second-order valence-electron chi connectivity index (χ2n) is 5.20. The molecule has 6 heteroatoms. The van der Waals surface area contributed by atoms with E-state index in [9.17, 15) is 4.79 Å². The molecular weight excluding hydrogens is 361 g/mol. The van der Waals surface area contributed by atoms with Crippen LogP contribution in [-0.4, -0.2) is 26.7 Å². The van der Waals surface area contributed by atoms with Crippen LogP contribution >= 0.6 is 23.2 Å². The minimum atomic E-state index is -0.212. The van der Waals surface area contributed by atoms with Gasteiger partial charge in [-0.3, -0.25) is 4.79 Å². The first-order valence-electron chi connectivity index (χ1n) is 7.66. The van der Waals surface area contributed by atoms with Crippen molar-refractivity contribution in [2.75, 3.05) is 20.8 Å². The number of carbonyl (C=O) groups excluding carboxylic acids is 1. The number of benzene rings is 2. The minimum absolute atomic E-state index is 0.212. The molecule has 0 bridgehead atoms. The monoisotopic (exact) mass is 379 g/mol. The van der Waals surface area contributed by atoms with Crippen LogP contribution in [0.1, 0.15) is 11.1 Å². The van der Waals surface area contributed by atoms with E-state index in [0.717, 1.165) is 5.56 Å². The average Bonchev–Trinajstić information content (AvgIpc) is 2.61. The van der Waals surface area contributed by atoms with Crippen molar-refractivity contribution in [2.24, 2.45) is 0 Å². The topological polar surface area (TPSA) is 47.6 Å². The van der Waals surface area contributed by atoms with E-state index in [4.69, 9.17) is 32.7 Å². The zero-order chi connectivity index (χ0) is 18.2. The fourth-order valence-corrected chi connectivity index (χ4v) is 2.78. The molecule has 1 N–H and O–H groups in total. The van der Waals surface area contributed by atoms with Gasteiger partial charge in [-0.15, -0.1) is 0 Å². The SMILES string of the molecule is COc1ccc(CCNC(=O)/C=C/c2c(Cl)cccc2Cl)cc1OC. The standard InChI is InChI=1S/C19H19Cl2NO3/c1-24-17-8-6-13(12-18(17)25-2)10-11-22-19(23)9-7-14-15(20)4-3-5-16(14)21/h3-9,12H,10-11H2,1-2H3,(H,22,23)/b9-7+. The highest BCUT2D eigenvalue weighted by Crippen LogP contribution is 2.27. The van der Waals surface area contributed by atoms with Crippen LogP contribution in [0.25, 0.3) is 6.08 Å². The Hall–Kier alpha value is -2.17. The third-order valence-corrected chi connectivity index (χ3v) is 4.22. The second-order valence-corrected chi connectivity index (χ2v) is 6.01. The largest absolute Gasteiger partial charge is 0.493 e. The first kappa shape index (κ1) is 19.2. The normalized spacial score (nSPS) is 10.7. The molecular formula is C19H19Cl2NO3. The van der Waals surface area contributed by atoms with Crippen LogP contribution in [0.2, 0.25) is 10.0 Å². The van der Waals surface area contributed by atoms with Gasteiger partial charge in [0.15, 0.2) is 11.5 Å². The third kappa shape index (κ3) is 5.41. The Morgan fingerprint density at radius 1 is 1.08 bits per heavy atom. The molecule has 25 heavy (non-hydrogen) atoms. The van der Waals surface area contributed by atoms with Gasteiger partial charge in [0.05, 0.1) is 14.2 Å². The maximum Gasteiger partial charge on any atom is 0.244 e. The number of amides is 1. The lowest BCUT2D eigenvalue weighted by molar-refractivity contribution is -0.116. The number of methoxy groups -OCH3 is 2. The number of nitrogens with one attached hydrogen (secondary N) is 1. The van der Waals surface area contributed by atoms with E-state index in [0.29, 0.717) is 40.1 Å². The van der Waals surface area contributed by atoms with Crippen molar-refractivity contribution in [1.29, 1.82) is 0 Å². The molecule has 132 valence electrons. The van der Waals surface area contributed by atoms with E-state index >= 15 is 0 Å². The van der Waals surface area contributed by atoms with Gasteiger partial charge in [-0.25, -0.2) is 0 Å². The summed E-state index contributed by atoms with van der Waals surface area (Å²) in [6, 6.07) is 10.9. The van der Waals surface area contributed by atoms with Crippen LogP contribution in [0.3, 0.4) is 0 Å². The van der Waals surface area contributed by atoms with Gasteiger partial charge in [-0.2, -0.15) is 0 Å². The molecule has 0 spiro atoms. The molecule has 0 aliphatic carbocycles. The number of ether oxygens (including phenoxy) is 2. The van der Waals surface area contributed by atoms with Crippen molar-refractivity contribution in [3.8, 4) is 11.5 Å². The van der Waals surface area contributed by atoms with Crippen LogP contribution in [0.4, 0.5) is 0 Å². The number of carbonyl (C=O) groups is 1. The van der Waals surface area contributed by atoms with Crippen LogP contribution < -0.4 is 14.8 Å². The maximum absolute atomic E-state index is 11.9. The van der Waals surface area contributed by atoms with E-state index < -0.39 is 0 Å². The highest BCUT2D eigenvalue weighted by Gasteiger charge is 2.05. The summed E-state index contributed by atoms with van der Waals surface area (Å²) in [7, 11) is 3.18. The third-order valence-electron chi connectivity index (χ3n) is 3.56. The van der Waals surface area contributed by atoms with Crippen LogP contribution in [0.15, 0.2) is 42.5 Å². The van der Waals surface area contributed by atoms with E-state index in [1.54, 1.807) is 38.5 Å². The predicted molar refractivity (Wildman–Crippen MR) is 102 cm³/mol. The average molecular weight is 380 g/mol. The molecule has 0 heterocycles. The van der Waals surface area contributed by atoms with Gasteiger partial charge >= 0.3 is 0 Å². The maximum atomic E-state index is 11.9. The van der Waals surface area contributed by atoms with E-state index in [1.165, 1.54) is 6.08 Å². The van der Waals surface area contributed by atoms with Gasteiger partial charge in [0.25, 0.3) is 0 Å². The van der Waals surface area contributed by atoms with Crippen LogP contribution in [-0.2, 0) is 11.2 Å². The lowest BCUT2D eigenvalue weighted by atomic mass is 10.1. The molecule has 0 atom stereocenters. The molecule has 2 aromatic carbocycles. The Balaban J connectivity index is 1.89. The molecule has 0 aromatic heterocycles. The molecule has 2 aromatic rings. The van der Waals surface area contributed by atoms with Crippen LogP contribution in [0.5, 0.6) is 11.5 Å². The van der Waals surface area contributed by atoms with Crippen LogP contribution in [0, 0.1) is 0 Å². The summed E-state index contributed by atoms with van der Waals surface area (Å²) in [5.74, 6) is 1.13. The number of rotatable bonds is 7. The molecule has 0 radical (unpaired) electrons. The van der Waals surface area contributed by atoms with E-state index in [-0.39, 0.29) is 5.91 Å². The van der Waals surface area contributed by atoms with E-state index in [2.05, 4.69) is 5.32 Å². The fourth-order valence-electron chi connectivity index (χ4n) is 2.25. The van der Waals surface area contributed by atoms with Crippen molar-refractivity contribution in [3.63, 3.8) is 0 Å². The molecule has 0 fully saturated rings. The highest BCUT2D eigenvalue weighted by molar-refractivity contribution is 6.37.